The first-order valence-corrected chi connectivity index (χ1v) is 6.63. The molecule has 0 unspecified atom stereocenters. The van der Waals surface area contributed by atoms with Crippen molar-refractivity contribution < 1.29 is 4.39 Å². The minimum Gasteiger partial charge on any atom is -0.382 e. The van der Waals surface area contributed by atoms with E-state index < -0.39 is 0 Å². The van der Waals surface area contributed by atoms with Gasteiger partial charge in [0, 0.05) is 6.54 Å². The van der Waals surface area contributed by atoms with Gasteiger partial charge < -0.3 is 5.32 Å². The molecule has 1 N–H and O–H groups in total. The summed E-state index contributed by atoms with van der Waals surface area (Å²) in [5.74, 6) is -0.292. The normalized spacial score (nSPS) is 10.5. The highest BCUT2D eigenvalue weighted by Gasteiger charge is 2.05. The Morgan fingerprint density at radius 2 is 1.95 bits per heavy atom. The van der Waals surface area contributed by atoms with Crippen LogP contribution in [0.3, 0.4) is 0 Å². The lowest BCUT2D eigenvalue weighted by atomic mass is 10.1. The van der Waals surface area contributed by atoms with Gasteiger partial charge in [-0.3, -0.25) is 0 Å². The predicted molar refractivity (Wildman–Crippen MR) is 77.7 cm³/mol. The second-order valence-electron chi connectivity index (χ2n) is 4.58. The summed E-state index contributed by atoms with van der Waals surface area (Å²) >= 11 is 0. The van der Waals surface area contributed by atoms with Gasteiger partial charge in [0.25, 0.3) is 0 Å². The lowest BCUT2D eigenvalue weighted by Gasteiger charge is -2.09. The maximum Gasteiger partial charge on any atom is 0.146 e. The molecule has 0 amide bonds. The second kappa shape index (κ2) is 6.13. The molecule has 1 aromatic heterocycles. The van der Waals surface area contributed by atoms with Crippen molar-refractivity contribution in [3.05, 3.63) is 66.2 Å². The lowest BCUT2D eigenvalue weighted by molar-refractivity contribution is 0.629. The van der Waals surface area contributed by atoms with Crippen LogP contribution in [0.25, 0.3) is 5.69 Å². The highest BCUT2D eigenvalue weighted by atomic mass is 19.1. The Bertz CT molecular complexity index is 697. The van der Waals surface area contributed by atoms with Crippen molar-refractivity contribution in [1.29, 1.82) is 0 Å². The summed E-state index contributed by atoms with van der Waals surface area (Å²) in [6, 6.07) is 14.8. The summed E-state index contributed by atoms with van der Waals surface area (Å²) in [6.07, 6.45) is 2.30. The first kappa shape index (κ1) is 13.2. The molecule has 3 rings (SSSR count). The highest BCUT2D eigenvalue weighted by molar-refractivity contribution is 5.52. The molecule has 0 spiro atoms. The quantitative estimate of drug-likeness (QED) is 0.781. The number of benzene rings is 2. The van der Waals surface area contributed by atoms with Crippen LogP contribution in [-0.2, 0) is 6.42 Å². The van der Waals surface area contributed by atoms with Gasteiger partial charge in [-0.25, -0.2) is 9.07 Å². The van der Waals surface area contributed by atoms with Gasteiger partial charge in [-0.2, -0.15) is 0 Å². The molecule has 0 saturated carbocycles. The van der Waals surface area contributed by atoms with Crippen LogP contribution in [0.2, 0.25) is 0 Å². The van der Waals surface area contributed by atoms with Crippen molar-refractivity contribution in [2.75, 3.05) is 11.9 Å². The molecule has 2 aromatic carbocycles. The molecule has 0 bridgehead atoms. The van der Waals surface area contributed by atoms with Crippen LogP contribution in [0, 0.1) is 5.82 Å². The van der Waals surface area contributed by atoms with E-state index in [-0.39, 0.29) is 5.82 Å². The van der Waals surface area contributed by atoms with Crippen LogP contribution in [0.15, 0.2) is 54.9 Å². The molecule has 0 fully saturated rings. The Hall–Kier alpha value is -2.76. The molecule has 1 heterocycles. The highest BCUT2D eigenvalue weighted by Crippen LogP contribution is 2.18. The van der Waals surface area contributed by atoms with Crippen molar-refractivity contribution in [1.82, 2.24) is 20.2 Å². The SMILES string of the molecule is Fc1ccc(-n2cnnn2)cc1NCCc1ccccc1. The third-order valence-electron chi connectivity index (χ3n) is 3.14. The smallest absolute Gasteiger partial charge is 0.146 e. The molecule has 0 radical (unpaired) electrons. The number of nitrogens with one attached hydrogen (secondary N) is 1. The van der Waals surface area contributed by atoms with Gasteiger partial charge in [-0.15, -0.1) is 5.10 Å². The summed E-state index contributed by atoms with van der Waals surface area (Å²) in [6.45, 7) is 0.653. The van der Waals surface area contributed by atoms with Crippen LogP contribution in [0.4, 0.5) is 10.1 Å². The van der Waals surface area contributed by atoms with E-state index >= 15 is 0 Å². The van der Waals surface area contributed by atoms with Crippen molar-refractivity contribution in [3.8, 4) is 5.69 Å². The molecule has 21 heavy (non-hydrogen) atoms. The van der Waals surface area contributed by atoms with Gasteiger partial charge >= 0.3 is 0 Å². The summed E-state index contributed by atoms with van der Waals surface area (Å²) < 4.78 is 15.3. The molecule has 106 valence electrons. The third-order valence-corrected chi connectivity index (χ3v) is 3.14. The maximum absolute atomic E-state index is 13.8. The number of hydrogen-bond acceptors (Lipinski definition) is 4. The first-order valence-electron chi connectivity index (χ1n) is 6.63. The van der Waals surface area contributed by atoms with E-state index in [1.807, 2.05) is 18.2 Å². The van der Waals surface area contributed by atoms with Crippen LogP contribution in [0.1, 0.15) is 5.56 Å². The van der Waals surface area contributed by atoms with E-state index in [9.17, 15) is 4.39 Å². The van der Waals surface area contributed by atoms with E-state index in [0.717, 1.165) is 6.42 Å². The average Bonchev–Trinajstić information content (AvgIpc) is 3.04. The van der Waals surface area contributed by atoms with E-state index in [1.54, 1.807) is 12.1 Å². The summed E-state index contributed by atoms with van der Waals surface area (Å²) in [5, 5.41) is 14.0. The first-order chi connectivity index (χ1) is 10.3. The van der Waals surface area contributed by atoms with Crippen LogP contribution in [0.5, 0.6) is 0 Å². The topological polar surface area (TPSA) is 55.6 Å². The Balaban J connectivity index is 1.69. The molecule has 3 aromatic rings. The van der Waals surface area contributed by atoms with Gasteiger partial charge in [-0.05, 0) is 40.6 Å². The van der Waals surface area contributed by atoms with Crippen LogP contribution < -0.4 is 5.32 Å². The molecular formula is C15H14FN5. The van der Waals surface area contributed by atoms with Crippen molar-refractivity contribution in [2.45, 2.75) is 6.42 Å². The number of hydrogen-bond donors (Lipinski definition) is 1. The predicted octanol–water partition coefficient (Wildman–Crippen LogP) is 2.46. The van der Waals surface area contributed by atoms with E-state index in [0.29, 0.717) is 17.9 Å². The number of nitrogens with zero attached hydrogens (tertiary/aromatic N) is 4. The van der Waals surface area contributed by atoms with Crippen LogP contribution >= 0.6 is 0 Å². The number of tetrazole rings is 1. The number of anilines is 1. The molecule has 5 nitrogen and oxygen atoms in total. The monoisotopic (exact) mass is 283 g/mol. The zero-order valence-electron chi connectivity index (χ0n) is 11.3. The van der Waals surface area contributed by atoms with Gasteiger partial charge in [0.2, 0.25) is 0 Å². The Morgan fingerprint density at radius 3 is 2.71 bits per heavy atom. The van der Waals surface area contributed by atoms with Gasteiger partial charge in [0.05, 0.1) is 11.4 Å². The molecule has 0 aliphatic heterocycles. The van der Waals surface area contributed by atoms with Crippen molar-refractivity contribution in [2.24, 2.45) is 0 Å². The number of rotatable bonds is 5. The van der Waals surface area contributed by atoms with E-state index in [1.165, 1.54) is 22.6 Å². The van der Waals surface area contributed by atoms with E-state index in [2.05, 4.69) is 33.0 Å². The Morgan fingerprint density at radius 1 is 1.10 bits per heavy atom. The molecular weight excluding hydrogens is 269 g/mol. The lowest BCUT2D eigenvalue weighted by Crippen LogP contribution is -2.07. The minimum absolute atomic E-state index is 0.292. The Labute approximate surface area is 121 Å². The summed E-state index contributed by atoms with van der Waals surface area (Å²) in [7, 11) is 0. The fourth-order valence-corrected chi connectivity index (χ4v) is 2.06. The molecule has 0 aliphatic rings. The fourth-order valence-electron chi connectivity index (χ4n) is 2.06. The maximum atomic E-state index is 13.8. The van der Waals surface area contributed by atoms with Crippen molar-refractivity contribution in [3.63, 3.8) is 0 Å². The zero-order valence-corrected chi connectivity index (χ0v) is 11.3. The van der Waals surface area contributed by atoms with Gasteiger partial charge in [0.15, 0.2) is 0 Å². The number of aromatic nitrogens is 4. The standard InChI is InChI=1S/C15H14FN5/c16-14-7-6-13(21-11-18-19-20-21)10-15(14)17-9-8-12-4-2-1-3-5-12/h1-7,10-11,17H,8-9H2. The average molecular weight is 283 g/mol. The largest absolute Gasteiger partial charge is 0.382 e. The minimum atomic E-state index is -0.292. The molecule has 6 heteroatoms. The van der Waals surface area contributed by atoms with Gasteiger partial charge in [0.1, 0.15) is 12.1 Å². The molecule has 0 aliphatic carbocycles. The van der Waals surface area contributed by atoms with Gasteiger partial charge in [-0.1, -0.05) is 30.3 Å². The summed E-state index contributed by atoms with van der Waals surface area (Å²) in [4.78, 5) is 0. The Kier molecular flexibility index (Phi) is 3.86. The zero-order chi connectivity index (χ0) is 14.5. The van der Waals surface area contributed by atoms with Crippen LogP contribution in [-0.4, -0.2) is 26.8 Å². The third kappa shape index (κ3) is 3.22. The summed E-state index contributed by atoms with van der Waals surface area (Å²) in [5.41, 5.74) is 2.37. The van der Waals surface area contributed by atoms with E-state index in [4.69, 9.17) is 0 Å². The fraction of sp³-hybridized carbons (Fsp3) is 0.133. The second-order valence-corrected chi connectivity index (χ2v) is 4.58. The van der Waals surface area contributed by atoms with Crippen molar-refractivity contribution >= 4 is 5.69 Å². The molecule has 0 atom stereocenters. The molecule has 0 saturated heterocycles. The number of halogens is 1.